The first kappa shape index (κ1) is 16.4. The van der Waals surface area contributed by atoms with Crippen LogP contribution in [0.15, 0.2) is 48.7 Å². The predicted octanol–water partition coefficient (Wildman–Crippen LogP) is 3.06. The highest BCUT2D eigenvalue weighted by Gasteiger charge is 2.24. The van der Waals surface area contributed by atoms with E-state index in [1.165, 1.54) is 11.6 Å². The summed E-state index contributed by atoms with van der Waals surface area (Å²) < 4.78 is 13.8. The first-order chi connectivity index (χ1) is 11.6. The van der Waals surface area contributed by atoms with E-state index >= 15 is 0 Å². The van der Waals surface area contributed by atoms with Gasteiger partial charge in [0.15, 0.2) is 11.6 Å². The zero-order valence-corrected chi connectivity index (χ0v) is 13.9. The fraction of sp³-hybridized carbons (Fsp3) is 0.368. The number of piperazine rings is 1. The maximum atomic E-state index is 13.8. The van der Waals surface area contributed by atoms with E-state index in [2.05, 4.69) is 24.0 Å². The summed E-state index contributed by atoms with van der Waals surface area (Å²) >= 11 is 0. The molecule has 0 N–H and O–H groups in total. The van der Waals surface area contributed by atoms with Crippen LogP contribution >= 0.6 is 0 Å². The third-order valence-corrected chi connectivity index (χ3v) is 4.52. The van der Waals surface area contributed by atoms with Gasteiger partial charge in [0.2, 0.25) is 5.91 Å². The molecule has 0 unspecified atom stereocenters. The van der Waals surface area contributed by atoms with Crippen molar-refractivity contribution in [3.8, 4) is 0 Å². The average Bonchev–Trinajstić information content (AvgIpc) is 2.63. The van der Waals surface area contributed by atoms with Crippen LogP contribution in [0.2, 0.25) is 0 Å². The van der Waals surface area contributed by atoms with Crippen molar-refractivity contribution in [2.24, 2.45) is 0 Å². The highest BCUT2D eigenvalue weighted by Crippen LogP contribution is 2.21. The van der Waals surface area contributed by atoms with Crippen LogP contribution in [0, 0.1) is 5.82 Å². The fourth-order valence-corrected chi connectivity index (χ4v) is 3.07. The Morgan fingerprint density at radius 2 is 1.83 bits per heavy atom. The van der Waals surface area contributed by atoms with Crippen LogP contribution < -0.4 is 4.90 Å². The maximum absolute atomic E-state index is 13.8. The zero-order valence-electron chi connectivity index (χ0n) is 13.9. The standard InChI is InChI=1S/C19H22FN3O/c1-15(16-6-3-2-4-7-16)14-18(24)22-10-12-23(13-11-22)19-17(20)8-5-9-21-19/h2-9,15H,10-14H2,1H3/t15-/m1/s1. The van der Waals surface area contributed by atoms with Crippen molar-refractivity contribution in [3.63, 3.8) is 0 Å². The molecule has 0 saturated carbocycles. The molecule has 4 nitrogen and oxygen atoms in total. The molecular weight excluding hydrogens is 305 g/mol. The van der Waals surface area contributed by atoms with Gasteiger partial charge in [-0.25, -0.2) is 9.37 Å². The van der Waals surface area contributed by atoms with E-state index in [0.717, 1.165) is 0 Å². The van der Waals surface area contributed by atoms with Gasteiger partial charge in [-0.2, -0.15) is 0 Å². The van der Waals surface area contributed by atoms with E-state index in [1.807, 2.05) is 28.0 Å². The van der Waals surface area contributed by atoms with Crippen molar-refractivity contribution in [1.82, 2.24) is 9.88 Å². The van der Waals surface area contributed by atoms with Crippen molar-refractivity contribution in [2.45, 2.75) is 19.3 Å². The predicted molar refractivity (Wildman–Crippen MR) is 92.5 cm³/mol. The van der Waals surface area contributed by atoms with Gasteiger partial charge in [-0.05, 0) is 23.6 Å². The van der Waals surface area contributed by atoms with Gasteiger partial charge >= 0.3 is 0 Å². The van der Waals surface area contributed by atoms with Crippen LogP contribution in [0.4, 0.5) is 10.2 Å². The SMILES string of the molecule is C[C@H](CC(=O)N1CCN(c2ncccc2F)CC1)c1ccccc1. The van der Waals surface area contributed by atoms with Gasteiger partial charge in [-0.15, -0.1) is 0 Å². The number of rotatable bonds is 4. The van der Waals surface area contributed by atoms with Crippen molar-refractivity contribution >= 4 is 11.7 Å². The fourth-order valence-electron chi connectivity index (χ4n) is 3.07. The summed E-state index contributed by atoms with van der Waals surface area (Å²) in [5.41, 5.74) is 1.18. The Kier molecular flexibility index (Phi) is 5.08. The molecule has 1 aliphatic rings. The van der Waals surface area contributed by atoms with Gasteiger partial charge in [0.1, 0.15) is 0 Å². The maximum Gasteiger partial charge on any atom is 0.223 e. The summed E-state index contributed by atoms with van der Waals surface area (Å²) in [6, 6.07) is 13.1. The number of pyridine rings is 1. The quantitative estimate of drug-likeness (QED) is 0.866. The van der Waals surface area contributed by atoms with Crippen molar-refractivity contribution in [3.05, 3.63) is 60.0 Å². The number of anilines is 1. The number of carbonyl (C=O) groups is 1. The number of halogens is 1. The number of benzene rings is 1. The molecule has 2 aromatic rings. The molecule has 0 spiro atoms. The van der Waals surface area contributed by atoms with Crippen LogP contribution in [0.3, 0.4) is 0 Å². The molecule has 2 heterocycles. The topological polar surface area (TPSA) is 36.4 Å². The van der Waals surface area contributed by atoms with Gasteiger partial charge in [-0.3, -0.25) is 4.79 Å². The number of nitrogens with zero attached hydrogens (tertiary/aromatic N) is 3. The van der Waals surface area contributed by atoms with Gasteiger partial charge in [0.05, 0.1) is 0 Å². The van der Waals surface area contributed by atoms with E-state index in [9.17, 15) is 9.18 Å². The number of amides is 1. The molecule has 1 fully saturated rings. The molecule has 1 saturated heterocycles. The molecule has 0 bridgehead atoms. The monoisotopic (exact) mass is 327 g/mol. The second-order valence-electron chi connectivity index (χ2n) is 6.19. The molecule has 0 radical (unpaired) electrons. The Morgan fingerprint density at radius 3 is 2.50 bits per heavy atom. The molecule has 0 aliphatic carbocycles. The second-order valence-corrected chi connectivity index (χ2v) is 6.19. The average molecular weight is 327 g/mol. The first-order valence-electron chi connectivity index (χ1n) is 8.33. The van der Waals surface area contributed by atoms with Gasteiger partial charge in [0.25, 0.3) is 0 Å². The molecule has 5 heteroatoms. The minimum absolute atomic E-state index is 0.160. The van der Waals surface area contributed by atoms with Crippen molar-refractivity contribution in [1.29, 1.82) is 0 Å². The third-order valence-electron chi connectivity index (χ3n) is 4.52. The summed E-state index contributed by atoms with van der Waals surface area (Å²) in [4.78, 5) is 20.4. The molecule has 3 rings (SSSR count). The van der Waals surface area contributed by atoms with Crippen LogP contribution in [0.25, 0.3) is 0 Å². The highest BCUT2D eigenvalue weighted by molar-refractivity contribution is 5.77. The smallest absolute Gasteiger partial charge is 0.223 e. The summed E-state index contributed by atoms with van der Waals surface area (Å²) in [7, 11) is 0. The minimum atomic E-state index is -0.310. The molecule has 1 amide bonds. The van der Waals surface area contributed by atoms with Crippen molar-refractivity contribution < 1.29 is 9.18 Å². The van der Waals surface area contributed by atoms with E-state index < -0.39 is 0 Å². The van der Waals surface area contributed by atoms with Crippen LogP contribution in [-0.2, 0) is 4.79 Å². The van der Waals surface area contributed by atoms with Gasteiger partial charge < -0.3 is 9.80 Å². The van der Waals surface area contributed by atoms with E-state index in [0.29, 0.717) is 38.4 Å². The summed E-state index contributed by atoms with van der Waals surface area (Å²) in [5.74, 6) is 0.426. The summed E-state index contributed by atoms with van der Waals surface area (Å²) in [6.07, 6.45) is 2.10. The Morgan fingerprint density at radius 1 is 1.12 bits per heavy atom. The van der Waals surface area contributed by atoms with Gasteiger partial charge in [0, 0.05) is 38.8 Å². The minimum Gasteiger partial charge on any atom is -0.351 e. The Hall–Kier alpha value is -2.43. The molecular formula is C19H22FN3O. The molecule has 1 aliphatic heterocycles. The number of carbonyl (C=O) groups excluding carboxylic acids is 1. The van der Waals surface area contributed by atoms with Gasteiger partial charge in [-0.1, -0.05) is 37.3 Å². The van der Waals surface area contributed by atoms with Crippen LogP contribution in [-0.4, -0.2) is 42.0 Å². The summed E-state index contributed by atoms with van der Waals surface area (Å²) in [5, 5.41) is 0. The van der Waals surface area contributed by atoms with Crippen LogP contribution in [0.1, 0.15) is 24.8 Å². The Labute approximate surface area is 141 Å². The highest BCUT2D eigenvalue weighted by atomic mass is 19.1. The number of hydrogen-bond acceptors (Lipinski definition) is 3. The van der Waals surface area contributed by atoms with Crippen LogP contribution in [0.5, 0.6) is 0 Å². The Balaban J connectivity index is 1.55. The lowest BCUT2D eigenvalue weighted by Gasteiger charge is -2.36. The molecule has 24 heavy (non-hydrogen) atoms. The normalized spacial score (nSPS) is 16.1. The lowest BCUT2D eigenvalue weighted by molar-refractivity contribution is -0.131. The van der Waals surface area contributed by atoms with Crippen molar-refractivity contribution in [2.75, 3.05) is 31.1 Å². The zero-order chi connectivity index (χ0) is 16.9. The number of aromatic nitrogens is 1. The first-order valence-corrected chi connectivity index (χ1v) is 8.33. The Bertz CT molecular complexity index is 684. The van der Waals surface area contributed by atoms with E-state index in [1.54, 1.807) is 12.3 Å². The third kappa shape index (κ3) is 3.72. The second kappa shape index (κ2) is 7.43. The molecule has 1 aromatic carbocycles. The van der Waals surface area contributed by atoms with E-state index in [-0.39, 0.29) is 17.6 Å². The van der Waals surface area contributed by atoms with E-state index in [4.69, 9.17) is 0 Å². The summed E-state index contributed by atoms with van der Waals surface area (Å²) in [6.45, 7) is 4.51. The number of hydrogen-bond donors (Lipinski definition) is 0. The largest absolute Gasteiger partial charge is 0.351 e. The molecule has 1 aromatic heterocycles. The molecule has 126 valence electrons. The lowest BCUT2D eigenvalue weighted by atomic mass is 9.97. The lowest BCUT2D eigenvalue weighted by Crippen LogP contribution is -2.49. The molecule has 1 atom stereocenters.